The number of carbonyl (C=O) groups excluding carboxylic acids is 3. The van der Waals surface area contributed by atoms with Crippen molar-refractivity contribution in [1.29, 1.82) is 0 Å². The summed E-state index contributed by atoms with van der Waals surface area (Å²) in [4.78, 5) is 43.6. The summed E-state index contributed by atoms with van der Waals surface area (Å²) in [6, 6.07) is 15.9. The Morgan fingerprint density at radius 3 is 2.12 bits per heavy atom. The molecule has 7 heteroatoms. The highest BCUT2D eigenvalue weighted by atomic mass is 19.1. The fourth-order valence-electron chi connectivity index (χ4n) is 4.92. The Labute approximate surface area is 186 Å². The molecule has 0 bridgehead atoms. The first-order chi connectivity index (χ1) is 15.5. The van der Waals surface area contributed by atoms with Gasteiger partial charge >= 0.3 is 0 Å². The van der Waals surface area contributed by atoms with Crippen LogP contribution in [0.4, 0.5) is 10.1 Å². The molecule has 166 valence electrons. The molecule has 3 aliphatic rings. The highest BCUT2D eigenvalue weighted by Gasteiger charge is 2.46. The van der Waals surface area contributed by atoms with Crippen LogP contribution >= 0.6 is 0 Å². The van der Waals surface area contributed by atoms with E-state index in [2.05, 4.69) is 12.1 Å². The molecule has 3 atom stereocenters. The van der Waals surface area contributed by atoms with Crippen LogP contribution in [0.15, 0.2) is 54.6 Å². The monoisotopic (exact) mass is 435 g/mol. The summed E-state index contributed by atoms with van der Waals surface area (Å²) >= 11 is 0. The van der Waals surface area contributed by atoms with Gasteiger partial charge in [-0.2, -0.15) is 0 Å². The number of nitrogens with zero attached hydrogens (tertiary/aromatic N) is 3. The van der Waals surface area contributed by atoms with Gasteiger partial charge in [-0.05, 0) is 42.2 Å². The Morgan fingerprint density at radius 2 is 1.47 bits per heavy atom. The largest absolute Gasteiger partial charge is 0.339 e. The molecule has 0 N–H and O–H groups in total. The van der Waals surface area contributed by atoms with Gasteiger partial charge in [-0.3, -0.25) is 14.4 Å². The lowest BCUT2D eigenvalue weighted by Crippen LogP contribution is -2.52. The molecular weight excluding hydrogens is 409 g/mol. The summed E-state index contributed by atoms with van der Waals surface area (Å²) in [6.45, 7) is 2.36. The van der Waals surface area contributed by atoms with Gasteiger partial charge in [0.15, 0.2) is 0 Å². The number of amides is 3. The summed E-state index contributed by atoms with van der Waals surface area (Å²) < 4.78 is 13.2. The Morgan fingerprint density at radius 1 is 0.844 bits per heavy atom. The van der Waals surface area contributed by atoms with E-state index < -0.39 is 5.92 Å². The van der Waals surface area contributed by atoms with Crippen molar-refractivity contribution in [3.8, 4) is 0 Å². The number of hydrogen-bond donors (Lipinski definition) is 0. The fraction of sp³-hybridized carbons (Fsp3) is 0.400. The fourth-order valence-corrected chi connectivity index (χ4v) is 4.92. The number of benzene rings is 2. The van der Waals surface area contributed by atoms with Crippen molar-refractivity contribution < 1.29 is 18.8 Å². The summed E-state index contributed by atoms with van der Waals surface area (Å²) in [5.74, 6) is -0.373. The Bertz CT molecular complexity index is 1020. The normalized spacial score (nSPS) is 25.2. The molecule has 2 heterocycles. The summed E-state index contributed by atoms with van der Waals surface area (Å²) in [5, 5.41) is 0. The van der Waals surface area contributed by atoms with E-state index in [0.29, 0.717) is 44.3 Å². The highest BCUT2D eigenvalue weighted by molar-refractivity contribution is 6.00. The van der Waals surface area contributed by atoms with E-state index in [1.807, 2.05) is 23.1 Å². The number of rotatable bonds is 4. The van der Waals surface area contributed by atoms with Crippen molar-refractivity contribution in [2.45, 2.75) is 18.8 Å². The minimum Gasteiger partial charge on any atom is -0.339 e. The molecule has 2 aromatic rings. The Kier molecular flexibility index (Phi) is 5.41. The number of anilines is 1. The molecule has 2 aliphatic heterocycles. The molecule has 0 radical (unpaired) electrons. The molecule has 0 spiro atoms. The molecule has 2 saturated heterocycles. The number of halogens is 1. The lowest BCUT2D eigenvalue weighted by Gasteiger charge is -2.36. The van der Waals surface area contributed by atoms with Gasteiger partial charge in [0.2, 0.25) is 17.7 Å². The van der Waals surface area contributed by atoms with Crippen molar-refractivity contribution in [2.24, 2.45) is 11.8 Å². The Hall–Kier alpha value is -3.22. The zero-order valence-corrected chi connectivity index (χ0v) is 17.8. The van der Waals surface area contributed by atoms with Gasteiger partial charge in [0.25, 0.3) is 0 Å². The summed E-state index contributed by atoms with van der Waals surface area (Å²) in [7, 11) is 0. The van der Waals surface area contributed by atoms with E-state index in [0.717, 1.165) is 6.42 Å². The average Bonchev–Trinajstić information content (AvgIpc) is 3.54. The molecule has 5 rings (SSSR count). The van der Waals surface area contributed by atoms with Gasteiger partial charge in [0.1, 0.15) is 5.82 Å². The maximum atomic E-state index is 13.2. The molecule has 2 aromatic carbocycles. The quantitative estimate of drug-likeness (QED) is 0.742. The van der Waals surface area contributed by atoms with E-state index >= 15 is 0 Å². The topological polar surface area (TPSA) is 60.9 Å². The van der Waals surface area contributed by atoms with Gasteiger partial charge in [0, 0.05) is 50.7 Å². The second-order valence-electron chi connectivity index (χ2n) is 8.89. The van der Waals surface area contributed by atoms with Crippen LogP contribution in [0.25, 0.3) is 0 Å². The minimum atomic E-state index is -0.402. The van der Waals surface area contributed by atoms with Crippen molar-refractivity contribution in [2.75, 3.05) is 37.6 Å². The third-order valence-electron chi connectivity index (χ3n) is 6.85. The van der Waals surface area contributed by atoms with Gasteiger partial charge in [-0.15, -0.1) is 0 Å². The molecule has 6 nitrogen and oxygen atoms in total. The minimum absolute atomic E-state index is 0.0383. The summed E-state index contributed by atoms with van der Waals surface area (Å²) in [5.41, 5.74) is 1.83. The van der Waals surface area contributed by atoms with Gasteiger partial charge in [-0.1, -0.05) is 30.3 Å². The Balaban J connectivity index is 1.14. The first-order valence-electron chi connectivity index (χ1n) is 11.2. The van der Waals surface area contributed by atoms with Crippen LogP contribution in [0.1, 0.15) is 24.3 Å². The van der Waals surface area contributed by atoms with Crippen LogP contribution in [-0.4, -0.2) is 60.2 Å². The van der Waals surface area contributed by atoms with Crippen LogP contribution in [0.5, 0.6) is 0 Å². The predicted octanol–water partition coefficient (Wildman–Crippen LogP) is 2.65. The smallest absolute Gasteiger partial charge is 0.228 e. The van der Waals surface area contributed by atoms with E-state index in [4.69, 9.17) is 0 Å². The summed E-state index contributed by atoms with van der Waals surface area (Å²) in [6.07, 6.45) is 1.06. The predicted molar refractivity (Wildman–Crippen MR) is 117 cm³/mol. The first-order valence-corrected chi connectivity index (χ1v) is 11.2. The number of carbonyl (C=O) groups is 3. The van der Waals surface area contributed by atoms with Crippen molar-refractivity contribution in [3.05, 3.63) is 66.0 Å². The highest BCUT2D eigenvalue weighted by Crippen LogP contribution is 2.48. The maximum absolute atomic E-state index is 13.2. The third kappa shape index (κ3) is 3.99. The molecule has 3 unspecified atom stereocenters. The van der Waals surface area contributed by atoms with Gasteiger partial charge in [0.05, 0.1) is 5.92 Å². The lowest BCUT2D eigenvalue weighted by molar-refractivity contribution is -0.142. The molecular formula is C25H26FN3O3. The van der Waals surface area contributed by atoms with Gasteiger partial charge < -0.3 is 14.7 Å². The van der Waals surface area contributed by atoms with E-state index in [-0.39, 0.29) is 35.9 Å². The van der Waals surface area contributed by atoms with Crippen LogP contribution in [0.2, 0.25) is 0 Å². The molecule has 32 heavy (non-hydrogen) atoms. The third-order valence-corrected chi connectivity index (χ3v) is 6.85. The molecule has 3 amide bonds. The second-order valence-corrected chi connectivity index (χ2v) is 8.89. The van der Waals surface area contributed by atoms with Crippen molar-refractivity contribution in [1.82, 2.24) is 9.80 Å². The zero-order chi connectivity index (χ0) is 22.2. The lowest BCUT2D eigenvalue weighted by atomic mass is 10.1. The van der Waals surface area contributed by atoms with E-state index in [1.54, 1.807) is 21.9 Å². The first kappa shape index (κ1) is 20.7. The van der Waals surface area contributed by atoms with Crippen LogP contribution < -0.4 is 4.90 Å². The van der Waals surface area contributed by atoms with Crippen LogP contribution in [-0.2, 0) is 14.4 Å². The number of piperazine rings is 1. The standard InChI is InChI=1S/C25H26FN3O3/c26-19-6-8-20(9-7-19)29-16-18(14-23(29)30)24(31)27-10-12-28(13-11-27)25(32)22-15-21(22)17-4-2-1-3-5-17/h1-9,18,21-22H,10-16H2. The van der Waals surface area contributed by atoms with Crippen LogP contribution in [0, 0.1) is 17.7 Å². The molecule has 1 aliphatic carbocycles. The van der Waals surface area contributed by atoms with Gasteiger partial charge in [-0.25, -0.2) is 4.39 Å². The van der Waals surface area contributed by atoms with Crippen LogP contribution in [0.3, 0.4) is 0 Å². The van der Waals surface area contributed by atoms with Crippen molar-refractivity contribution >= 4 is 23.4 Å². The molecule has 0 aromatic heterocycles. The average molecular weight is 435 g/mol. The van der Waals surface area contributed by atoms with E-state index in [1.165, 1.54) is 17.7 Å². The molecule has 1 saturated carbocycles. The molecule has 3 fully saturated rings. The number of hydrogen-bond acceptors (Lipinski definition) is 3. The van der Waals surface area contributed by atoms with E-state index in [9.17, 15) is 18.8 Å². The maximum Gasteiger partial charge on any atom is 0.228 e. The SMILES string of the molecule is O=C(C1CC(=O)N(c2ccc(F)cc2)C1)N1CCN(C(=O)C2CC2c2ccccc2)CC1. The zero-order valence-electron chi connectivity index (χ0n) is 17.8. The second kappa shape index (κ2) is 8.37. The van der Waals surface area contributed by atoms with Crippen molar-refractivity contribution in [3.63, 3.8) is 0 Å².